The van der Waals surface area contributed by atoms with Crippen molar-refractivity contribution in [2.45, 2.75) is 38.5 Å². The Balaban J connectivity index is 1.76. The zero-order valence-corrected chi connectivity index (χ0v) is 16.6. The zero-order valence-electron chi connectivity index (χ0n) is 15.8. The van der Waals surface area contributed by atoms with E-state index in [-0.39, 0.29) is 16.8 Å². The summed E-state index contributed by atoms with van der Waals surface area (Å²) in [6.45, 7) is 6.34. The van der Waals surface area contributed by atoms with Crippen LogP contribution in [0.1, 0.15) is 31.0 Å². The van der Waals surface area contributed by atoms with E-state index >= 15 is 0 Å². The molecule has 0 atom stereocenters. The Labute approximate surface area is 159 Å². The molecule has 0 unspecified atom stereocenters. The van der Waals surface area contributed by atoms with Crippen molar-refractivity contribution in [1.82, 2.24) is 9.46 Å². The van der Waals surface area contributed by atoms with Gasteiger partial charge in [-0.2, -0.15) is 4.31 Å². The lowest BCUT2D eigenvalue weighted by Crippen LogP contribution is -2.40. The Morgan fingerprint density at radius 1 is 1.26 bits per heavy atom. The summed E-state index contributed by atoms with van der Waals surface area (Å²) in [6, 6.07) is 6.93. The van der Waals surface area contributed by atoms with Crippen LogP contribution in [0.5, 0.6) is 0 Å². The molecule has 1 aliphatic rings. The molecular weight excluding hydrogens is 368 g/mol. The predicted molar refractivity (Wildman–Crippen MR) is 99.5 cm³/mol. The number of carbonyl (C=O) groups is 1. The molecule has 146 valence electrons. The van der Waals surface area contributed by atoms with Crippen LogP contribution in [0.15, 0.2) is 33.7 Å². The van der Waals surface area contributed by atoms with E-state index in [2.05, 4.69) is 5.16 Å². The van der Waals surface area contributed by atoms with Gasteiger partial charge in [-0.05, 0) is 57.4 Å². The number of aromatic nitrogens is 1. The van der Waals surface area contributed by atoms with Gasteiger partial charge in [-0.15, -0.1) is 0 Å². The molecule has 1 aromatic heterocycles. The summed E-state index contributed by atoms with van der Waals surface area (Å²) in [5.41, 5.74) is 2.20. The molecule has 0 amide bonds. The second kappa shape index (κ2) is 7.82. The van der Waals surface area contributed by atoms with Crippen LogP contribution in [0, 0.1) is 19.8 Å². The van der Waals surface area contributed by atoms with E-state index in [1.165, 1.54) is 4.31 Å². The molecule has 0 saturated carbocycles. The molecule has 0 N–H and O–H groups in total. The van der Waals surface area contributed by atoms with Gasteiger partial charge in [-0.1, -0.05) is 5.16 Å². The van der Waals surface area contributed by atoms with Crippen molar-refractivity contribution >= 4 is 16.0 Å². The highest BCUT2D eigenvalue weighted by molar-refractivity contribution is 7.89. The molecule has 1 fully saturated rings. The van der Waals surface area contributed by atoms with E-state index in [1.807, 2.05) is 13.0 Å². The maximum atomic E-state index is 13.0. The average molecular weight is 392 g/mol. The van der Waals surface area contributed by atoms with Gasteiger partial charge in [0.25, 0.3) is 0 Å². The first-order chi connectivity index (χ1) is 12.8. The fourth-order valence-corrected chi connectivity index (χ4v) is 5.00. The summed E-state index contributed by atoms with van der Waals surface area (Å²) in [7, 11) is -3.61. The van der Waals surface area contributed by atoms with Gasteiger partial charge in [-0.3, -0.25) is 4.79 Å². The lowest BCUT2D eigenvalue weighted by atomic mass is 9.98. The first-order valence-electron chi connectivity index (χ1n) is 9.04. The third-order valence-electron chi connectivity index (χ3n) is 4.78. The topological polar surface area (TPSA) is 89.7 Å². The van der Waals surface area contributed by atoms with E-state index in [9.17, 15) is 13.2 Å². The number of piperidine rings is 1. The number of esters is 1. The molecule has 8 heteroatoms. The molecule has 0 aliphatic carbocycles. The van der Waals surface area contributed by atoms with Gasteiger partial charge < -0.3 is 9.26 Å². The quantitative estimate of drug-likeness (QED) is 0.727. The normalized spacial score (nSPS) is 16.4. The monoisotopic (exact) mass is 392 g/mol. The van der Waals surface area contributed by atoms with Gasteiger partial charge in [-0.25, -0.2) is 8.42 Å². The molecular formula is C19H24N2O5S. The maximum absolute atomic E-state index is 13.0. The summed E-state index contributed by atoms with van der Waals surface area (Å²) in [6.07, 6.45) is 0.957. The van der Waals surface area contributed by atoms with E-state index in [4.69, 9.17) is 9.26 Å². The lowest BCUT2D eigenvalue weighted by Gasteiger charge is -2.30. The fourth-order valence-electron chi connectivity index (χ4n) is 3.32. The molecule has 0 radical (unpaired) electrons. The first kappa shape index (κ1) is 19.6. The standard InChI is InChI=1S/C19H24N2O5S/c1-4-25-19(22)15-7-9-21(10-8-15)27(23,24)18-6-5-16(11-13(18)2)17-12-14(3)20-26-17/h5-6,11-12,15H,4,7-10H2,1-3H3. The number of carbonyl (C=O) groups excluding carboxylic acids is 1. The molecule has 2 heterocycles. The smallest absolute Gasteiger partial charge is 0.309 e. The summed E-state index contributed by atoms with van der Waals surface area (Å²) in [5.74, 6) is 0.141. The van der Waals surface area contributed by atoms with Crippen LogP contribution in [0.4, 0.5) is 0 Å². The second-order valence-electron chi connectivity index (χ2n) is 6.74. The Morgan fingerprint density at radius 3 is 2.52 bits per heavy atom. The van der Waals surface area contributed by atoms with Crippen LogP contribution in [0.3, 0.4) is 0 Å². The van der Waals surface area contributed by atoms with Gasteiger partial charge in [0.2, 0.25) is 10.0 Å². The van der Waals surface area contributed by atoms with Crippen molar-refractivity contribution in [2.24, 2.45) is 5.92 Å². The number of hydrogen-bond acceptors (Lipinski definition) is 6. The Hall–Kier alpha value is -2.19. The van der Waals surface area contributed by atoms with Gasteiger partial charge in [0.05, 0.1) is 23.1 Å². The van der Waals surface area contributed by atoms with Crippen molar-refractivity contribution in [1.29, 1.82) is 0 Å². The number of sulfonamides is 1. The third-order valence-corrected chi connectivity index (χ3v) is 6.84. The van der Waals surface area contributed by atoms with Gasteiger partial charge in [0.1, 0.15) is 0 Å². The molecule has 2 aromatic rings. The highest BCUT2D eigenvalue weighted by atomic mass is 32.2. The van der Waals surface area contributed by atoms with E-state index < -0.39 is 10.0 Å². The Kier molecular flexibility index (Phi) is 5.67. The minimum atomic E-state index is -3.61. The molecule has 1 aliphatic heterocycles. The van der Waals surface area contributed by atoms with Crippen molar-refractivity contribution < 1.29 is 22.5 Å². The third kappa shape index (κ3) is 4.06. The van der Waals surface area contributed by atoms with Crippen LogP contribution < -0.4 is 0 Å². The van der Waals surface area contributed by atoms with Crippen molar-refractivity contribution in [3.63, 3.8) is 0 Å². The van der Waals surface area contributed by atoms with E-state index in [0.717, 1.165) is 11.3 Å². The van der Waals surface area contributed by atoms with E-state index in [0.29, 0.717) is 43.9 Å². The highest BCUT2D eigenvalue weighted by Gasteiger charge is 2.33. The number of ether oxygens (including phenoxy) is 1. The second-order valence-corrected chi connectivity index (χ2v) is 8.65. The SMILES string of the molecule is CCOC(=O)C1CCN(S(=O)(=O)c2ccc(-c3cc(C)no3)cc2C)CC1. The summed E-state index contributed by atoms with van der Waals surface area (Å²) in [4.78, 5) is 12.1. The van der Waals surface area contributed by atoms with Crippen LogP contribution in [0.2, 0.25) is 0 Å². The number of rotatable bonds is 5. The van der Waals surface area contributed by atoms with Gasteiger partial charge >= 0.3 is 5.97 Å². The van der Waals surface area contributed by atoms with Crippen molar-refractivity contribution in [3.05, 3.63) is 35.5 Å². The summed E-state index contributed by atoms with van der Waals surface area (Å²) < 4.78 is 37.8. The number of hydrogen-bond donors (Lipinski definition) is 0. The van der Waals surface area contributed by atoms with E-state index in [1.54, 1.807) is 32.0 Å². The van der Waals surface area contributed by atoms with Gasteiger partial charge in [0, 0.05) is 24.7 Å². The van der Waals surface area contributed by atoms with Gasteiger partial charge in [0.15, 0.2) is 5.76 Å². The molecule has 27 heavy (non-hydrogen) atoms. The number of aryl methyl sites for hydroxylation is 2. The zero-order chi connectivity index (χ0) is 19.6. The number of nitrogens with zero attached hydrogens (tertiary/aromatic N) is 2. The minimum absolute atomic E-state index is 0.227. The van der Waals surface area contributed by atoms with Crippen LogP contribution in [-0.2, 0) is 19.6 Å². The molecule has 7 nitrogen and oxygen atoms in total. The molecule has 0 bridgehead atoms. The van der Waals surface area contributed by atoms with Crippen LogP contribution in [0.25, 0.3) is 11.3 Å². The largest absolute Gasteiger partial charge is 0.466 e. The van der Waals surface area contributed by atoms with Crippen LogP contribution >= 0.6 is 0 Å². The molecule has 0 spiro atoms. The molecule has 1 aromatic carbocycles. The summed E-state index contributed by atoms with van der Waals surface area (Å²) in [5, 5.41) is 3.86. The Bertz CT molecular complexity index is 927. The number of benzene rings is 1. The fraction of sp³-hybridized carbons (Fsp3) is 0.474. The minimum Gasteiger partial charge on any atom is -0.466 e. The van der Waals surface area contributed by atoms with Crippen molar-refractivity contribution in [2.75, 3.05) is 19.7 Å². The predicted octanol–water partition coefficient (Wildman–Crippen LogP) is 2.92. The van der Waals surface area contributed by atoms with Crippen LogP contribution in [-0.4, -0.2) is 43.5 Å². The molecule has 1 saturated heterocycles. The average Bonchev–Trinajstić information content (AvgIpc) is 3.08. The lowest BCUT2D eigenvalue weighted by molar-refractivity contribution is -0.149. The van der Waals surface area contributed by atoms with Crippen molar-refractivity contribution in [3.8, 4) is 11.3 Å². The first-order valence-corrected chi connectivity index (χ1v) is 10.5. The molecule has 3 rings (SSSR count). The Morgan fingerprint density at radius 2 is 1.96 bits per heavy atom. The maximum Gasteiger partial charge on any atom is 0.309 e. The summed E-state index contributed by atoms with van der Waals surface area (Å²) >= 11 is 0. The highest BCUT2D eigenvalue weighted by Crippen LogP contribution is 2.29.